The minimum Gasteiger partial charge on any atom is -0.481 e. The number of aliphatic carboxylic acids is 1. The summed E-state index contributed by atoms with van der Waals surface area (Å²) < 4.78 is 27.5. The summed E-state index contributed by atoms with van der Waals surface area (Å²) in [5.74, 6) is -1.05. The van der Waals surface area contributed by atoms with E-state index in [0.29, 0.717) is 0 Å². The smallest absolute Gasteiger partial charge is 0.310 e. The van der Waals surface area contributed by atoms with Gasteiger partial charge in [-0.25, -0.2) is 13.1 Å². The third kappa shape index (κ3) is 3.31. The van der Waals surface area contributed by atoms with Crippen LogP contribution in [0.1, 0.15) is 13.8 Å². The van der Waals surface area contributed by atoms with Gasteiger partial charge in [0.05, 0.1) is 10.3 Å². The van der Waals surface area contributed by atoms with Crippen LogP contribution in [0.2, 0.25) is 0 Å². The summed E-state index contributed by atoms with van der Waals surface area (Å²) in [6.45, 7) is 2.77. The first kappa shape index (κ1) is 13.7. The molecule has 0 saturated heterocycles. The number of carboxylic acids is 1. The molecular formula is C10H16N2O4S. The Bertz CT molecular complexity index is 516. The van der Waals surface area contributed by atoms with Crippen molar-refractivity contribution < 1.29 is 18.3 Å². The Morgan fingerprint density at radius 3 is 2.53 bits per heavy atom. The second-order valence-electron chi connectivity index (χ2n) is 4.53. The number of carboxylic acid groups (broad SMARTS) is 1. The third-order valence-corrected chi connectivity index (χ3v) is 3.78. The van der Waals surface area contributed by atoms with Crippen molar-refractivity contribution in [1.82, 2.24) is 9.29 Å². The van der Waals surface area contributed by atoms with Crippen LogP contribution in [-0.2, 0) is 21.9 Å². The molecule has 0 atom stereocenters. The highest BCUT2D eigenvalue weighted by Crippen LogP contribution is 2.15. The third-order valence-electron chi connectivity index (χ3n) is 2.40. The average Bonchev–Trinajstić information content (AvgIpc) is 2.63. The largest absolute Gasteiger partial charge is 0.481 e. The van der Waals surface area contributed by atoms with Crippen LogP contribution < -0.4 is 4.72 Å². The molecule has 0 amide bonds. The van der Waals surface area contributed by atoms with Crippen molar-refractivity contribution >= 4 is 16.0 Å². The number of hydrogen-bond acceptors (Lipinski definition) is 3. The Kier molecular flexibility index (Phi) is 3.63. The maximum Gasteiger partial charge on any atom is 0.310 e. The van der Waals surface area contributed by atoms with Crippen molar-refractivity contribution in [2.45, 2.75) is 18.7 Å². The summed E-state index contributed by atoms with van der Waals surface area (Å²) in [5.41, 5.74) is -1.14. The van der Waals surface area contributed by atoms with E-state index in [-0.39, 0.29) is 11.4 Å². The van der Waals surface area contributed by atoms with E-state index in [4.69, 9.17) is 5.11 Å². The summed E-state index contributed by atoms with van der Waals surface area (Å²) in [5, 5.41) is 8.87. The highest BCUT2D eigenvalue weighted by atomic mass is 32.2. The first-order valence-corrected chi connectivity index (χ1v) is 6.48. The van der Waals surface area contributed by atoms with E-state index in [9.17, 15) is 13.2 Å². The molecular weight excluding hydrogens is 244 g/mol. The molecule has 0 spiro atoms. The first-order valence-electron chi connectivity index (χ1n) is 5.00. The zero-order valence-corrected chi connectivity index (χ0v) is 10.8. The van der Waals surface area contributed by atoms with Crippen LogP contribution in [-0.4, -0.2) is 30.6 Å². The summed E-state index contributed by atoms with van der Waals surface area (Å²) in [7, 11) is -1.93. The highest BCUT2D eigenvalue weighted by Gasteiger charge is 2.29. The zero-order valence-electron chi connectivity index (χ0n) is 9.97. The SMILES string of the molecule is Cn1ccc(S(=O)(=O)NCC(C)(C)C(=O)O)c1. The Morgan fingerprint density at radius 2 is 2.12 bits per heavy atom. The molecule has 6 nitrogen and oxygen atoms in total. The van der Waals surface area contributed by atoms with Gasteiger partial charge in [-0.15, -0.1) is 0 Å². The molecule has 96 valence electrons. The molecule has 1 aromatic rings. The van der Waals surface area contributed by atoms with Gasteiger partial charge in [0.25, 0.3) is 0 Å². The van der Waals surface area contributed by atoms with Crippen molar-refractivity contribution in [2.75, 3.05) is 6.54 Å². The Labute approximate surface area is 100 Å². The van der Waals surface area contributed by atoms with Gasteiger partial charge in [-0.05, 0) is 19.9 Å². The number of hydrogen-bond donors (Lipinski definition) is 2. The molecule has 0 aliphatic carbocycles. The van der Waals surface area contributed by atoms with E-state index < -0.39 is 21.4 Å². The van der Waals surface area contributed by atoms with Crippen LogP contribution >= 0.6 is 0 Å². The van der Waals surface area contributed by atoms with Crippen molar-refractivity contribution in [2.24, 2.45) is 12.5 Å². The second kappa shape index (κ2) is 4.50. The van der Waals surface area contributed by atoms with E-state index in [0.717, 1.165) is 0 Å². The number of sulfonamides is 1. The monoisotopic (exact) mass is 260 g/mol. The average molecular weight is 260 g/mol. The minimum atomic E-state index is -3.64. The fourth-order valence-electron chi connectivity index (χ4n) is 1.07. The quantitative estimate of drug-likeness (QED) is 0.802. The van der Waals surface area contributed by atoms with Crippen molar-refractivity contribution in [3.05, 3.63) is 18.5 Å². The van der Waals surface area contributed by atoms with Crippen LogP contribution in [0.3, 0.4) is 0 Å². The molecule has 7 heteroatoms. The summed E-state index contributed by atoms with van der Waals surface area (Å²) in [6, 6.07) is 1.45. The van der Waals surface area contributed by atoms with Gasteiger partial charge < -0.3 is 9.67 Å². The molecule has 0 aliphatic rings. The Balaban J connectivity index is 2.79. The summed E-state index contributed by atoms with van der Waals surface area (Å²) in [4.78, 5) is 11.0. The lowest BCUT2D eigenvalue weighted by molar-refractivity contribution is -0.146. The lowest BCUT2D eigenvalue weighted by Gasteiger charge is -2.19. The lowest BCUT2D eigenvalue weighted by atomic mass is 9.95. The van der Waals surface area contributed by atoms with Crippen LogP contribution in [0.15, 0.2) is 23.4 Å². The van der Waals surface area contributed by atoms with E-state index >= 15 is 0 Å². The van der Waals surface area contributed by atoms with Crippen molar-refractivity contribution in [1.29, 1.82) is 0 Å². The molecule has 0 radical (unpaired) electrons. The summed E-state index contributed by atoms with van der Waals surface area (Å²) >= 11 is 0. The van der Waals surface area contributed by atoms with Gasteiger partial charge in [-0.3, -0.25) is 4.79 Å². The topological polar surface area (TPSA) is 88.4 Å². The van der Waals surface area contributed by atoms with Gasteiger partial charge >= 0.3 is 5.97 Å². The Morgan fingerprint density at radius 1 is 1.53 bits per heavy atom. The maximum absolute atomic E-state index is 11.8. The standard InChI is InChI=1S/C10H16N2O4S/c1-10(2,9(13)14)7-11-17(15,16)8-4-5-12(3)6-8/h4-6,11H,7H2,1-3H3,(H,13,14). The summed E-state index contributed by atoms with van der Waals surface area (Å²) in [6.07, 6.45) is 3.06. The van der Waals surface area contributed by atoms with E-state index in [1.54, 1.807) is 17.8 Å². The molecule has 0 aromatic carbocycles. The van der Waals surface area contributed by atoms with Crippen LogP contribution in [0.5, 0.6) is 0 Å². The molecule has 0 aliphatic heterocycles. The molecule has 0 fully saturated rings. The van der Waals surface area contributed by atoms with Crippen molar-refractivity contribution in [3.8, 4) is 0 Å². The molecule has 1 heterocycles. The number of aryl methyl sites for hydroxylation is 1. The fraction of sp³-hybridized carbons (Fsp3) is 0.500. The van der Waals surface area contributed by atoms with Crippen LogP contribution in [0, 0.1) is 5.41 Å². The molecule has 0 unspecified atom stereocenters. The van der Waals surface area contributed by atoms with Gasteiger partial charge in [-0.1, -0.05) is 0 Å². The minimum absolute atomic E-state index is 0.126. The zero-order chi connectivity index (χ0) is 13.3. The van der Waals surface area contributed by atoms with Crippen molar-refractivity contribution in [3.63, 3.8) is 0 Å². The van der Waals surface area contributed by atoms with Gasteiger partial charge in [0.1, 0.15) is 0 Å². The molecule has 0 saturated carbocycles. The van der Waals surface area contributed by atoms with E-state index in [1.807, 2.05) is 0 Å². The maximum atomic E-state index is 11.8. The van der Waals surface area contributed by atoms with E-state index in [2.05, 4.69) is 4.72 Å². The first-order chi connectivity index (χ1) is 7.65. The number of aromatic nitrogens is 1. The molecule has 1 aromatic heterocycles. The predicted molar refractivity (Wildman–Crippen MR) is 62.0 cm³/mol. The fourth-order valence-corrected chi connectivity index (χ4v) is 2.33. The molecule has 1 rings (SSSR count). The molecule has 17 heavy (non-hydrogen) atoms. The second-order valence-corrected chi connectivity index (χ2v) is 6.29. The number of rotatable bonds is 5. The number of nitrogens with one attached hydrogen (secondary N) is 1. The lowest BCUT2D eigenvalue weighted by Crippen LogP contribution is -2.38. The normalized spacial score (nSPS) is 12.6. The van der Waals surface area contributed by atoms with Gasteiger partial charge in [0.15, 0.2) is 0 Å². The van der Waals surface area contributed by atoms with Gasteiger partial charge in [0, 0.05) is 26.0 Å². The molecule has 2 N–H and O–H groups in total. The Hall–Kier alpha value is -1.34. The number of nitrogens with zero attached hydrogens (tertiary/aromatic N) is 1. The number of carbonyl (C=O) groups is 1. The van der Waals surface area contributed by atoms with Crippen LogP contribution in [0.4, 0.5) is 0 Å². The van der Waals surface area contributed by atoms with Crippen LogP contribution in [0.25, 0.3) is 0 Å². The molecule has 0 bridgehead atoms. The van der Waals surface area contributed by atoms with Gasteiger partial charge in [-0.2, -0.15) is 0 Å². The van der Waals surface area contributed by atoms with Gasteiger partial charge in [0.2, 0.25) is 10.0 Å². The predicted octanol–water partition coefficient (Wildman–Crippen LogP) is 0.414. The highest BCUT2D eigenvalue weighted by molar-refractivity contribution is 7.89. The van der Waals surface area contributed by atoms with E-state index in [1.165, 1.54) is 26.1 Å².